The number of benzene rings is 1. The number of hydrogen-bond acceptors (Lipinski definition) is 3. The average molecular weight is 219 g/mol. The van der Waals surface area contributed by atoms with Crippen molar-refractivity contribution in [2.24, 2.45) is 0 Å². The molecule has 82 valence electrons. The Morgan fingerprint density at radius 2 is 2.00 bits per heavy atom. The van der Waals surface area contributed by atoms with E-state index in [-0.39, 0.29) is 0 Å². The molecule has 5 nitrogen and oxygen atoms in total. The van der Waals surface area contributed by atoms with Crippen LogP contribution in [0.1, 0.15) is 0 Å². The van der Waals surface area contributed by atoms with Crippen molar-refractivity contribution < 1.29 is 19.4 Å². The Bertz CT molecular complexity index is 430. The van der Waals surface area contributed by atoms with Crippen LogP contribution in [0.2, 0.25) is 0 Å². The van der Waals surface area contributed by atoms with Crippen LogP contribution in [-0.4, -0.2) is 23.6 Å². The molecule has 0 saturated heterocycles. The second-order valence-corrected chi connectivity index (χ2v) is 2.81. The third-order valence-electron chi connectivity index (χ3n) is 1.61. The normalized spacial score (nSPS) is 8.94. The van der Waals surface area contributed by atoms with E-state index in [4.69, 9.17) is 16.3 Å². The van der Waals surface area contributed by atoms with E-state index in [9.17, 15) is 9.59 Å². The Kier molecular flexibility index (Phi) is 3.92. The number of hydrogen-bond donors (Lipinski definition) is 2. The van der Waals surface area contributed by atoms with Gasteiger partial charge in [-0.05, 0) is 30.2 Å². The van der Waals surface area contributed by atoms with Crippen LogP contribution in [0, 0.1) is 12.3 Å². The number of amides is 1. The number of carboxylic acids is 1. The van der Waals surface area contributed by atoms with Gasteiger partial charge in [0.25, 0.3) is 5.91 Å². The third kappa shape index (κ3) is 3.72. The number of rotatable bonds is 4. The first-order valence-corrected chi connectivity index (χ1v) is 4.34. The van der Waals surface area contributed by atoms with Crippen LogP contribution in [0.5, 0.6) is 5.75 Å². The molecule has 0 fully saturated rings. The van der Waals surface area contributed by atoms with E-state index < -0.39 is 18.5 Å². The Balaban J connectivity index is 2.58. The standard InChI is InChI=1S/C11H9NO4/c1-2-10(13)12-8-3-5-9(6-4-8)16-7-11(14)15/h1,3-6H,7H2,(H,12,13)(H,14,15). The van der Waals surface area contributed by atoms with E-state index in [1.54, 1.807) is 12.1 Å². The quantitative estimate of drug-likeness (QED) is 0.731. The lowest BCUT2D eigenvalue weighted by atomic mass is 10.3. The maximum absolute atomic E-state index is 10.8. The van der Waals surface area contributed by atoms with Crippen molar-refractivity contribution in [3.8, 4) is 18.1 Å². The van der Waals surface area contributed by atoms with Gasteiger partial charge < -0.3 is 15.2 Å². The van der Waals surface area contributed by atoms with Crippen molar-refractivity contribution in [1.29, 1.82) is 0 Å². The lowest BCUT2D eigenvalue weighted by Gasteiger charge is -2.04. The molecule has 0 spiro atoms. The Labute approximate surface area is 92.0 Å². The van der Waals surface area contributed by atoms with E-state index >= 15 is 0 Å². The summed E-state index contributed by atoms with van der Waals surface area (Å²) in [5.74, 6) is 0.719. The Hall–Kier alpha value is -2.48. The zero-order valence-corrected chi connectivity index (χ0v) is 8.27. The summed E-state index contributed by atoms with van der Waals surface area (Å²) in [4.78, 5) is 21.0. The summed E-state index contributed by atoms with van der Waals surface area (Å²) in [5, 5.41) is 10.8. The molecule has 0 aliphatic heterocycles. The number of aliphatic carboxylic acids is 1. The van der Waals surface area contributed by atoms with Gasteiger partial charge >= 0.3 is 5.97 Å². The van der Waals surface area contributed by atoms with Crippen LogP contribution in [0.25, 0.3) is 0 Å². The molecule has 0 atom stereocenters. The zero-order chi connectivity index (χ0) is 12.0. The largest absolute Gasteiger partial charge is 0.482 e. The number of carboxylic acid groups (broad SMARTS) is 1. The first kappa shape index (κ1) is 11.6. The molecule has 0 aromatic heterocycles. The van der Waals surface area contributed by atoms with Gasteiger partial charge in [0.1, 0.15) is 5.75 Å². The summed E-state index contributed by atoms with van der Waals surface area (Å²) in [6.45, 7) is -0.407. The average Bonchev–Trinajstić information content (AvgIpc) is 2.28. The molecule has 0 radical (unpaired) electrons. The van der Waals surface area contributed by atoms with E-state index in [0.717, 1.165) is 0 Å². The SMILES string of the molecule is C#CC(=O)Nc1ccc(OCC(=O)O)cc1. The molecule has 0 unspecified atom stereocenters. The maximum Gasteiger partial charge on any atom is 0.341 e. The van der Waals surface area contributed by atoms with Crippen LogP contribution in [-0.2, 0) is 9.59 Å². The van der Waals surface area contributed by atoms with Crippen LogP contribution in [0.15, 0.2) is 24.3 Å². The predicted molar refractivity (Wildman–Crippen MR) is 57.0 cm³/mol. The molecule has 0 bridgehead atoms. The van der Waals surface area contributed by atoms with Gasteiger partial charge in [-0.3, -0.25) is 4.79 Å². The molecule has 1 rings (SSSR count). The highest BCUT2D eigenvalue weighted by Gasteiger charge is 2.00. The van der Waals surface area contributed by atoms with Gasteiger partial charge in [0.05, 0.1) is 0 Å². The smallest absolute Gasteiger partial charge is 0.341 e. The molecule has 2 N–H and O–H groups in total. The summed E-state index contributed by atoms with van der Waals surface area (Å²) in [5.41, 5.74) is 0.519. The number of anilines is 1. The fraction of sp³-hybridized carbons (Fsp3) is 0.0909. The minimum atomic E-state index is -1.05. The van der Waals surface area contributed by atoms with Gasteiger partial charge in [0, 0.05) is 5.69 Å². The number of ether oxygens (including phenoxy) is 1. The number of carbonyl (C=O) groups is 2. The van der Waals surface area contributed by atoms with Crippen molar-refractivity contribution in [2.45, 2.75) is 0 Å². The van der Waals surface area contributed by atoms with Crippen molar-refractivity contribution in [2.75, 3.05) is 11.9 Å². The second-order valence-electron chi connectivity index (χ2n) is 2.81. The highest BCUT2D eigenvalue weighted by molar-refractivity contribution is 6.03. The number of carbonyl (C=O) groups excluding carboxylic acids is 1. The van der Waals surface area contributed by atoms with E-state index in [2.05, 4.69) is 5.32 Å². The molecule has 5 heteroatoms. The number of nitrogens with one attached hydrogen (secondary N) is 1. The van der Waals surface area contributed by atoms with Gasteiger partial charge in [-0.2, -0.15) is 0 Å². The molecule has 16 heavy (non-hydrogen) atoms. The minimum absolute atomic E-state index is 0.404. The lowest BCUT2D eigenvalue weighted by molar-refractivity contribution is -0.139. The van der Waals surface area contributed by atoms with Gasteiger partial charge in [0.15, 0.2) is 6.61 Å². The number of terminal acetylenes is 1. The van der Waals surface area contributed by atoms with E-state index in [1.807, 2.05) is 5.92 Å². The lowest BCUT2D eigenvalue weighted by Crippen LogP contribution is -2.10. The minimum Gasteiger partial charge on any atom is -0.482 e. The first-order valence-electron chi connectivity index (χ1n) is 4.34. The van der Waals surface area contributed by atoms with Gasteiger partial charge in [-0.15, -0.1) is 6.42 Å². The van der Waals surface area contributed by atoms with Crippen LogP contribution in [0.4, 0.5) is 5.69 Å². The highest BCUT2D eigenvalue weighted by Crippen LogP contribution is 2.15. The molecular weight excluding hydrogens is 210 g/mol. The molecule has 1 aromatic rings. The van der Waals surface area contributed by atoms with Crippen LogP contribution < -0.4 is 10.1 Å². The molecule has 1 aromatic carbocycles. The zero-order valence-electron chi connectivity index (χ0n) is 8.27. The Morgan fingerprint density at radius 3 is 2.50 bits per heavy atom. The van der Waals surface area contributed by atoms with Crippen LogP contribution in [0.3, 0.4) is 0 Å². The fourth-order valence-electron chi connectivity index (χ4n) is 0.947. The van der Waals surface area contributed by atoms with Crippen molar-refractivity contribution in [3.05, 3.63) is 24.3 Å². The molecule has 0 aliphatic carbocycles. The fourth-order valence-corrected chi connectivity index (χ4v) is 0.947. The Morgan fingerprint density at radius 1 is 1.38 bits per heavy atom. The summed E-state index contributed by atoms with van der Waals surface area (Å²) in [6.07, 6.45) is 4.88. The molecule has 0 heterocycles. The molecular formula is C11H9NO4. The van der Waals surface area contributed by atoms with Crippen LogP contribution >= 0.6 is 0 Å². The monoisotopic (exact) mass is 219 g/mol. The van der Waals surface area contributed by atoms with Gasteiger partial charge in [0.2, 0.25) is 0 Å². The van der Waals surface area contributed by atoms with Crippen molar-refractivity contribution in [1.82, 2.24) is 0 Å². The van der Waals surface area contributed by atoms with Crippen molar-refractivity contribution in [3.63, 3.8) is 0 Å². The molecule has 0 aliphatic rings. The molecule has 1 amide bonds. The summed E-state index contributed by atoms with van der Waals surface area (Å²) in [6, 6.07) is 6.20. The molecule has 0 saturated carbocycles. The van der Waals surface area contributed by atoms with Gasteiger partial charge in [-0.25, -0.2) is 4.79 Å². The first-order chi connectivity index (χ1) is 7.61. The van der Waals surface area contributed by atoms with Gasteiger partial charge in [-0.1, -0.05) is 0 Å². The summed E-state index contributed by atoms with van der Waals surface area (Å²) < 4.78 is 4.90. The third-order valence-corrected chi connectivity index (χ3v) is 1.61. The van der Waals surface area contributed by atoms with Crippen molar-refractivity contribution >= 4 is 17.6 Å². The van der Waals surface area contributed by atoms with E-state index in [0.29, 0.717) is 11.4 Å². The summed E-state index contributed by atoms with van der Waals surface area (Å²) >= 11 is 0. The highest BCUT2D eigenvalue weighted by atomic mass is 16.5. The summed E-state index contributed by atoms with van der Waals surface area (Å²) in [7, 11) is 0. The second kappa shape index (κ2) is 5.41. The predicted octanol–water partition coefficient (Wildman–Crippen LogP) is 0.722. The van der Waals surface area contributed by atoms with E-state index in [1.165, 1.54) is 12.1 Å². The maximum atomic E-state index is 10.8. The topological polar surface area (TPSA) is 75.6 Å².